The summed E-state index contributed by atoms with van der Waals surface area (Å²) in [7, 11) is 1.05. The highest BCUT2D eigenvalue weighted by atomic mass is 32.2. The summed E-state index contributed by atoms with van der Waals surface area (Å²) in [6.07, 6.45) is 0. The Hall–Kier alpha value is -4.68. The molecule has 0 atom stereocenters. The zero-order chi connectivity index (χ0) is 28.5. The standard InChI is InChI=1S/C28H31N7O4S/c1-19(21-11-13-23(14-12-21)40(36,37)29-2)34-35-27-17-26(32-28(33-27)31-22-8-6-5-7-9-22)30-18-20-10-15-24(38-3)25(16-20)39-4/h5-17,29H,18H2,1-4H3,(H3,30,31,32,33,35). The van der Waals surface area contributed by atoms with Gasteiger partial charge in [0.15, 0.2) is 17.3 Å². The number of sulfonamides is 1. The summed E-state index contributed by atoms with van der Waals surface area (Å²) in [5, 5.41) is 11.0. The summed E-state index contributed by atoms with van der Waals surface area (Å²) in [5.41, 5.74) is 6.19. The molecule has 0 fully saturated rings. The minimum Gasteiger partial charge on any atom is -0.493 e. The summed E-state index contributed by atoms with van der Waals surface area (Å²) >= 11 is 0. The minimum atomic E-state index is -3.51. The first-order chi connectivity index (χ1) is 19.3. The molecule has 0 saturated carbocycles. The average molecular weight is 562 g/mol. The lowest BCUT2D eigenvalue weighted by Crippen LogP contribution is -2.18. The van der Waals surface area contributed by atoms with Gasteiger partial charge in [0.05, 0.1) is 24.8 Å². The predicted octanol–water partition coefficient (Wildman–Crippen LogP) is 4.59. The van der Waals surface area contributed by atoms with E-state index in [1.54, 1.807) is 32.4 Å². The Kier molecular flexibility index (Phi) is 9.15. The van der Waals surface area contributed by atoms with Crippen LogP contribution in [0.25, 0.3) is 0 Å². The molecule has 3 aromatic carbocycles. The van der Waals surface area contributed by atoms with Gasteiger partial charge in [0.2, 0.25) is 16.0 Å². The van der Waals surface area contributed by atoms with Crippen LogP contribution in [0.2, 0.25) is 0 Å². The van der Waals surface area contributed by atoms with Crippen molar-refractivity contribution >= 4 is 39.0 Å². The zero-order valence-corrected chi connectivity index (χ0v) is 23.4. The highest BCUT2D eigenvalue weighted by molar-refractivity contribution is 7.89. The normalized spacial score (nSPS) is 11.6. The number of aromatic nitrogens is 2. The van der Waals surface area contributed by atoms with E-state index in [1.165, 1.54) is 19.2 Å². The molecule has 12 heteroatoms. The van der Waals surface area contributed by atoms with Gasteiger partial charge in [-0.15, -0.1) is 0 Å². The van der Waals surface area contributed by atoms with Gasteiger partial charge >= 0.3 is 0 Å². The molecule has 4 N–H and O–H groups in total. The van der Waals surface area contributed by atoms with Crippen LogP contribution in [0.15, 0.2) is 88.9 Å². The molecule has 1 heterocycles. The lowest BCUT2D eigenvalue weighted by Gasteiger charge is -2.13. The van der Waals surface area contributed by atoms with Crippen molar-refractivity contribution in [2.75, 3.05) is 37.3 Å². The van der Waals surface area contributed by atoms with E-state index in [9.17, 15) is 8.42 Å². The topological polar surface area (TPSA) is 139 Å². The molecule has 4 rings (SSSR count). The van der Waals surface area contributed by atoms with E-state index in [0.717, 1.165) is 16.8 Å². The van der Waals surface area contributed by atoms with Crippen molar-refractivity contribution < 1.29 is 17.9 Å². The molecular formula is C28H31N7O4S. The van der Waals surface area contributed by atoms with Gasteiger partial charge in [0.1, 0.15) is 5.82 Å². The molecule has 0 amide bonds. The number of ether oxygens (including phenoxy) is 2. The van der Waals surface area contributed by atoms with Gasteiger partial charge in [-0.05, 0) is 61.5 Å². The molecule has 0 aliphatic rings. The number of hydrazone groups is 1. The third kappa shape index (κ3) is 7.24. The number of nitrogens with one attached hydrogen (secondary N) is 4. The third-order valence-electron chi connectivity index (χ3n) is 5.87. The van der Waals surface area contributed by atoms with Crippen LogP contribution in [0, 0.1) is 0 Å². The summed E-state index contributed by atoms with van der Waals surface area (Å²) < 4.78 is 37.0. The molecule has 4 aromatic rings. The van der Waals surface area contributed by atoms with Crippen LogP contribution in [0.4, 0.5) is 23.3 Å². The largest absolute Gasteiger partial charge is 0.493 e. The Balaban J connectivity index is 1.55. The summed E-state index contributed by atoms with van der Waals surface area (Å²) in [5.74, 6) is 2.69. The van der Waals surface area contributed by atoms with Gasteiger partial charge < -0.3 is 20.1 Å². The number of hydrogen-bond donors (Lipinski definition) is 4. The smallest absolute Gasteiger partial charge is 0.240 e. The number of benzene rings is 3. The maximum Gasteiger partial charge on any atom is 0.240 e. The Bertz CT molecular complexity index is 1580. The molecule has 0 aliphatic heterocycles. The number of nitrogens with zero attached hydrogens (tertiary/aromatic N) is 3. The van der Waals surface area contributed by atoms with Gasteiger partial charge in [0.25, 0.3) is 0 Å². The third-order valence-corrected chi connectivity index (χ3v) is 7.30. The minimum absolute atomic E-state index is 0.178. The van der Waals surface area contributed by atoms with Crippen LogP contribution >= 0.6 is 0 Å². The Morgan fingerprint density at radius 1 is 0.875 bits per heavy atom. The average Bonchev–Trinajstić information content (AvgIpc) is 2.99. The number of hydrogen-bond acceptors (Lipinski definition) is 10. The van der Waals surface area contributed by atoms with Crippen LogP contribution < -0.4 is 30.3 Å². The second-order valence-electron chi connectivity index (χ2n) is 8.54. The van der Waals surface area contributed by atoms with Crippen molar-refractivity contribution in [2.45, 2.75) is 18.4 Å². The zero-order valence-electron chi connectivity index (χ0n) is 22.6. The fraction of sp³-hybridized carbons (Fsp3) is 0.179. The SMILES string of the molecule is CNS(=O)(=O)c1ccc(C(C)=NNc2cc(NCc3ccc(OC)c(OC)c3)nc(Nc3ccccc3)n2)cc1. The van der Waals surface area contributed by atoms with Crippen molar-refractivity contribution in [3.8, 4) is 11.5 Å². The summed E-state index contributed by atoms with van der Waals surface area (Å²) in [6.45, 7) is 2.29. The maximum atomic E-state index is 12.0. The van der Waals surface area contributed by atoms with Crippen molar-refractivity contribution in [3.05, 3.63) is 90.0 Å². The van der Waals surface area contributed by atoms with Gasteiger partial charge in [-0.2, -0.15) is 15.1 Å². The fourth-order valence-corrected chi connectivity index (χ4v) is 4.41. The fourth-order valence-electron chi connectivity index (χ4n) is 3.68. The van der Waals surface area contributed by atoms with E-state index in [4.69, 9.17) is 9.47 Å². The number of rotatable bonds is 12. The van der Waals surface area contributed by atoms with Crippen LogP contribution in [0.3, 0.4) is 0 Å². The first kappa shape index (κ1) is 28.3. The maximum absolute atomic E-state index is 12.0. The molecular weight excluding hydrogens is 530 g/mol. The number of methoxy groups -OCH3 is 2. The van der Waals surface area contributed by atoms with Crippen LogP contribution in [0.5, 0.6) is 11.5 Å². The molecule has 1 aromatic heterocycles. The van der Waals surface area contributed by atoms with Crippen molar-refractivity contribution in [3.63, 3.8) is 0 Å². The quantitative estimate of drug-likeness (QED) is 0.144. The molecule has 11 nitrogen and oxygen atoms in total. The van der Waals surface area contributed by atoms with Crippen molar-refractivity contribution in [2.24, 2.45) is 5.10 Å². The van der Waals surface area contributed by atoms with Crippen LogP contribution in [-0.4, -0.2) is 45.4 Å². The lowest BCUT2D eigenvalue weighted by molar-refractivity contribution is 0.354. The molecule has 0 spiro atoms. The summed E-state index contributed by atoms with van der Waals surface area (Å²) in [4.78, 5) is 9.34. The molecule has 0 bridgehead atoms. The Morgan fingerprint density at radius 3 is 2.25 bits per heavy atom. The highest BCUT2D eigenvalue weighted by Gasteiger charge is 2.12. The molecule has 0 saturated heterocycles. The van der Waals surface area contributed by atoms with Gasteiger partial charge in [-0.1, -0.05) is 36.4 Å². The van der Waals surface area contributed by atoms with Gasteiger partial charge in [0, 0.05) is 18.3 Å². The van der Waals surface area contributed by atoms with E-state index in [2.05, 4.69) is 35.9 Å². The lowest BCUT2D eigenvalue weighted by atomic mass is 10.1. The monoisotopic (exact) mass is 561 g/mol. The van der Waals surface area contributed by atoms with Crippen molar-refractivity contribution in [1.29, 1.82) is 0 Å². The number of para-hydroxylation sites is 1. The van der Waals surface area contributed by atoms with E-state index in [0.29, 0.717) is 41.3 Å². The molecule has 0 aliphatic carbocycles. The second kappa shape index (κ2) is 12.9. The second-order valence-corrected chi connectivity index (χ2v) is 10.4. The van der Waals surface area contributed by atoms with Crippen LogP contribution in [0.1, 0.15) is 18.1 Å². The predicted molar refractivity (Wildman–Crippen MR) is 157 cm³/mol. The van der Waals surface area contributed by atoms with E-state index in [-0.39, 0.29) is 4.90 Å². The van der Waals surface area contributed by atoms with Gasteiger partial charge in [-0.25, -0.2) is 13.1 Å². The first-order valence-corrected chi connectivity index (χ1v) is 13.8. The summed E-state index contributed by atoms with van der Waals surface area (Å²) in [6, 6.07) is 23.5. The van der Waals surface area contributed by atoms with E-state index >= 15 is 0 Å². The first-order valence-electron chi connectivity index (χ1n) is 12.3. The highest BCUT2D eigenvalue weighted by Crippen LogP contribution is 2.28. The van der Waals surface area contributed by atoms with E-state index < -0.39 is 10.0 Å². The number of anilines is 4. The molecule has 208 valence electrons. The van der Waals surface area contributed by atoms with E-state index in [1.807, 2.05) is 55.5 Å². The Labute approximate surface area is 233 Å². The van der Waals surface area contributed by atoms with Gasteiger partial charge in [-0.3, -0.25) is 5.43 Å². The molecule has 0 unspecified atom stereocenters. The van der Waals surface area contributed by atoms with Crippen LogP contribution in [-0.2, 0) is 16.6 Å². The molecule has 40 heavy (non-hydrogen) atoms. The Morgan fingerprint density at radius 2 is 1.57 bits per heavy atom. The van der Waals surface area contributed by atoms with Crippen molar-refractivity contribution in [1.82, 2.24) is 14.7 Å². The molecule has 0 radical (unpaired) electrons.